The van der Waals surface area contributed by atoms with Crippen LogP contribution in [0.15, 0.2) is 22.7 Å². The van der Waals surface area contributed by atoms with Crippen LogP contribution in [0.1, 0.15) is 44.6 Å². The summed E-state index contributed by atoms with van der Waals surface area (Å²) >= 11 is 7.13. The zero-order valence-electron chi connectivity index (χ0n) is 10.8. The largest absolute Gasteiger partial charge is 0.489 e. The summed E-state index contributed by atoms with van der Waals surface area (Å²) in [5, 5.41) is 0.839. The van der Waals surface area contributed by atoms with Crippen molar-refractivity contribution >= 4 is 31.9 Å². The van der Waals surface area contributed by atoms with E-state index in [1.165, 1.54) is 37.7 Å². The summed E-state index contributed by atoms with van der Waals surface area (Å²) in [6, 6.07) is 6.24. The lowest BCUT2D eigenvalue weighted by Crippen LogP contribution is -2.25. The molecule has 0 bridgehead atoms. The first-order valence-corrected chi connectivity index (χ1v) is 8.66. The Labute approximate surface area is 127 Å². The van der Waals surface area contributed by atoms with Gasteiger partial charge in [0.1, 0.15) is 5.75 Å². The molecule has 2 unspecified atom stereocenters. The van der Waals surface area contributed by atoms with Crippen LogP contribution in [0.3, 0.4) is 0 Å². The molecule has 0 amide bonds. The van der Waals surface area contributed by atoms with Crippen molar-refractivity contribution in [2.45, 2.75) is 50.5 Å². The SMILES string of the molecule is CCC1CCCC(Oc2c(Br)cccc2CBr)C1. The molecule has 0 N–H and O–H groups in total. The van der Waals surface area contributed by atoms with Crippen LogP contribution in [0.4, 0.5) is 0 Å². The zero-order valence-corrected chi connectivity index (χ0v) is 14.0. The van der Waals surface area contributed by atoms with Gasteiger partial charge in [0.2, 0.25) is 0 Å². The molecule has 2 rings (SSSR count). The molecular formula is C15H20Br2O. The number of ether oxygens (including phenoxy) is 1. The molecule has 0 radical (unpaired) electrons. The van der Waals surface area contributed by atoms with Gasteiger partial charge in [0.05, 0.1) is 10.6 Å². The fourth-order valence-electron chi connectivity index (χ4n) is 2.68. The number of alkyl halides is 1. The van der Waals surface area contributed by atoms with Crippen LogP contribution in [0.5, 0.6) is 5.75 Å². The van der Waals surface area contributed by atoms with Gasteiger partial charge in [-0.05, 0) is 47.2 Å². The quantitative estimate of drug-likeness (QED) is 0.614. The number of benzene rings is 1. The fraction of sp³-hybridized carbons (Fsp3) is 0.600. The minimum atomic E-state index is 0.389. The molecule has 1 aromatic rings. The summed E-state index contributed by atoms with van der Waals surface area (Å²) in [5.41, 5.74) is 1.22. The number of hydrogen-bond acceptors (Lipinski definition) is 1. The van der Waals surface area contributed by atoms with Gasteiger partial charge >= 0.3 is 0 Å². The maximum atomic E-state index is 6.26. The third-order valence-electron chi connectivity index (χ3n) is 3.79. The summed E-state index contributed by atoms with van der Waals surface area (Å²) in [7, 11) is 0. The highest BCUT2D eigenvalue weighted by atomic mass is 79.9. The third-order valence-corrected chi connectivity index (χ3v) is 5.02. The minimum Gasteiger partial charge on any atom is -0.489 e. The lowest BCUT2D eigenvalue weighted by atomic mass is 9.85. The monoisotopic (exact) mass is 374 g/mol. The minimum absolute atomic E-state index is 0.389. The van der Waals surface area contributed by atoms with Gasteiger partial charge in [-0.25, -0.2) is 0 Å². The van der Waals surface area contributed by atoms with Crippen LogP contribution in [0.2, 0.25) is 0 Å². The van der Waals surface area contributed by atoms with Gasteiger partial charge in [0.25, 0.3) is 0 Å². The van der Waals surface area contributed by atoms with Crippen LogP contribution in [0, 0.1) is 5.92 Å². The van der Waals surface area contributed by atoms with E-state index in [4.69, 9.17) is 4.74 Å². The van der Waals surface area contributed by atoms with Crippen molar-refractivity contribution in [2.24, 2.45) is 5.92 Å². The van der Waals surface area contributed by atoms with E-state index in [0.717, 1.165) is 21.5 Å². The molecule has 0 saturated heterocycles. The number of rotatable bonds is 4. The molecule has 0 aliphatic heterocycles. The summed E-state index contributed by atoms with van der Waals surface area (Å²) in [6.45, 7) is 2.29. The molecule has 1 nitrogen and oxygen atoms in total. The molecule has 0 heterocycles. The Morgan fingerprint density at radius 2 is 2.17 bits per heavy atom. The van der Waals surface area contributed by atoms with Gasteiger partial charge in [-0.3, -0.25) is 0 Å². The first-order valence-electron chi connectivity index (χ1n) is 6.74. The van der Waals surface area contributed by atoms with E-state index < -0.39 is 0 Å². The molecule has 3 heteroatoms. The normalized spacial score (nSPS) is 23.9. The van der Waals surface area contributed by atoms with E-state index in [1.54, 1.807) is 0 Å². The number of hydrogen-bond donors (Lipinski definition) is 0. The van der Waals surface area contributed by atoms with Crippen LogP contribution in [-0.2, 0) is 5.33 Å². The molecule has 100 valence electrons. The fourth-order valence-corrected chi connectivity index (χ4v) is 3.62. The third kappa shape index (κ3) is 3.51. The standard InChI is InChI=1S/C15H20Br2O/c1-2-11-5-3-7-13(9-11)18-15-12(10-16)6-4-8-14(15)17/h4,6,8,11,13H,2-3,5,7,9-10H2,1H3. The Kier molecular flexibility index (Phi) is 5.56. The second-order valence-electron chi connectivity index (χ2n) is 5.04. The van der Waals surface area contributed by atoms with Crippen LogP contribution in [0.25, 0.3) is 0 Å². The topological polar surface area (TPSA) is 9.23 Å². The second kappa shape index (κ2) is 6.95. The molecule has 0 spiro atoms. The van der Waals surface area contributed by atoms with E-state index in [0.29, 0.717) is 6.10 Å². The highest BCUT2D eigenvalue weighted by molar-refractivity contribution is 9.10. The molecule has 1 aliphatic rings. The Balaban J connectivity index is 2.09. The highest BCUT2D eigenvalue weighted by Gasteiger charge is 2.23. The van der Waals surface area contributed by atoms with E-state index in [1.807, 2.05) is 0 Å². The molecule has 1 fully saturated rings. The van der Waals surface area contributed by atoms with E-state index >= 15 is 0 Å². The maximum Gasteiger partial charge on any atom is 0.137 e. The smallest absolute Gasteiger partial charge is 0.137 e. The zero-order chi connectivity index (χ0) is 13.0. The highest BCUT2D eigenvalue weighted by Crippen LogP contribution is 2.35. The maximum absolute atomic E-state index is 6.26. The van der Waals surface area contributed by atoms with Gasteiger partial charge < -0.3 is 4.74 Å². The van der Waals surface area contributed by atoms with Crippen molar-refractivity contribution in [3.8, 4) is 5.75 Å². The van der Waals surface area contributed by atoms with Gasteiger partial charge in [0, 0.05) is 10.9 Å². The summed E-state index contributed by atoms with van der Waals surface area (Å²) < 4.78 is 7.33. The van der Waals surface area contributed by atoms with Crippen molar-refractivity contribution in [1.82, 2.24) is 0 Å². The molecule has 1 saturated carbocycles. The van der Waals surface area contributed by atoms with Gasteiger partial charge in [0.15, 0.2) is 0 Å². The van der Waals surface area contributed by atoms with Crippen molar-refractivity contribution < 1.29 is 4.74 Å². The Morgan fingerprint density at radius 1 is 1.33 bits per heavy atom. The summed E-state index contributed by atoms with van der Waals surface area (Å²) in [4.78, 5) is 0. The van der Waals surface area contributed by atoms with Crippen molar-refractivity contribution in [2.75, 3.05) is 0 Å². The van der Waals surface area contributed by atoms with Gasteiger partial charge in [-0.1, -0.05) is 47.8 Å². The van der Waals surface area contributed by atoms with E-state index in [9.17, 15) is 0 Å². The van der Waals surface area contributed by atoms with Crippen molar-refractivity contribution in [3.05, 3.63) is 28.2 Å². The molecule has 0 aromatic heterocycles. The Hall–Kier alpha value is -0.0200. The summed E-state index contributed by atoms with van der Waals surface area (Å²) in [5.74, 6) is 1.87. The lowest BCUT2D eigenvalue weighted by molar-refractivity contribution is 0.120. The van der Waals surface area contributed by atoms with Crippen molar-refractivity contribution in [1.29, 1.82) is 0 Å². The molecule has 18 heavy (non-hydrogen) atoms. The van der Waals surface area contributed by atoms with E-state index in [2.05, 4.69) is 57.0 Å². The van der Waals surface area contributed by atoms with E-state index in [-0.39, 0.29) is 0 Å². The molecular weight excluding hydrogens is 356 g/mol. The molecule has 2 atom stereocenters. The molecule has 1 aromatic carbocycles. The van der Waals surface area contributed by atoms with Crippen LogP contribution < -0.4 is 4.74 Å². The first kappa shape index (κ1) is 14.4. The second-order valence-corrected chi connectivity index (χ2v) is 6.46. The van der Waals surface area contributed by atoms with Gasteiger partial charge in [-0.2, -0.15) is 0 Å². The first-order chi connectivity index (χ1) is 8.74. The average Bonchev–Trinajstić information content (AvgIpc) is 2.41. The Morgan fingerprint density at radius 3 is 2.89 bits per heavy atom. The van der Waals surface area contributed by atoms with Crippen LogP contribution in [-0.4, -0.2) is 6.10 Å². The lowest BCUT2D eigenvalue weighted by Gasteiger charge is -2.30. The van der Waals surface area contributed by atoms with Crippen molar-refractivity contribution in [3.63, 3.8) is 0 Å². The predicted octanol–water partition coefficient (Wildman–Crippen LogP) is 5.69. The predicted molar refractivity (Wildman–Crippen MR) is 83.4 cm³/mol. The average molecular weight is 376 g/mol. The number of halogens is 2. The van der Waals surface area contributed by atoms with Gasteiger partial charge in [-0.15, -0.1) is 0 Å². The van der Waals surface area contributed by atoms with Crippen LogP contribution >= 0.6 is 31.9 Å². The summed E-state index contributed by atoms with van der Waals surface area (Å²) in [6.07, 6.45) is 6.75. The molecule has 1 aliphatic carbocycles. The Bertz CT molecular complexity index is 392. The number of para-hydroxylation sites is 1.